The molecule has 2 N–H and O–H groups in total. The zero-order chi connectivity index (χ0) is 25.4. The maximum absolute atomic E-state index is 13.7. The van der Waals surface area contributed by atoms with Gasteiger partial charge in [0.05, 0.1) is 25.3 Å². The van der Waals surface area contributed by atoms with E-state index in [1.165, 1.54) is 0 Å². The van der Waals surface area contributed by atoms with Crippen molar-refractivity contribution in [3.05, 3.63) is 52.4 Å². The summed E-state index contributed by atoms with van der Waals surface area (Å²) in [6.45, 7) is 0.766. The molecular weight excluding hydrogens is 462 g/mol. The second kappa shape index (κ2) is 10.1. The second-order valence-corrected chi connectivity index (χ2v) is 9.85. The van der Waals surface area contributed by atoms with E-state index in [2.05, 4.69) is 5.32 Å². The SMILES string of the molecule is COCCNC(=O)[C@H]1[C@H](CO)[C@H]2Cn3c(ccc(-c4ccccc4OC)c3=O)[C@H]2N1C(=O)C1CCC1. The zero-order valence-electron chi connectivity index (χ0n) is 20.7. The summed E-state index contributed by atoms with van der Waals surface area (Å²) >= 11 is 0. The number of ether oxygens (including phenoxy) is 2. The topological polar surface area (TPSA) is 110 Å². The molecule has 0 bridgehead atoms. The predicted octanol–water partition coefficient (Wildman–Crippen LogP) is 1.58. The van der Waals surface area contributed by atoms with Gasteiger partial charge >= 0.3 is 0 Å². The number of hydrogen-bond donors (Lipinski definition) is 2. The van der Waals surface area contributed by atoms with Gasteiger partial charge in [-0.1, -0.05) is 24.6 Å². The maximum Gasteiger partial charge on any atom is 0.258 e. The third-order valence-corrected chi connectivity index (χ3v) is 8.06. The van der Waals surface area contributed by atoms with E-state index in [9.17, 15) is 19.5 Å². The fourth-order valence-corrected chi connectivity index (χ4v) is 6.05. The van der Waals surface area contributed by atoms with E-state index in [1.807, 2.05) is 30.3 Å². The second-order valence-electron chi connectivity index (χ2n) is 9.85. The smallest absolute Gasteiger partial charge is 0.258 e. The first kappa shape index (κ1) is 24.5. The van der Waals surface area contributed by atoms with E-state index in [1.54, 1.807) is 29.8 Å². The Morgan fingerprint density at radius 3 is 2.56 bits per heavy atom. The first-order valence-electron chi connectivity index (χ1n) is 12.6. The largest absolute Gasteiger partial charge is 0.496 e. The molecule has 0 spiro atoms. The number of nitrogens with zero attached hydrogens (tertiary/aromatic N) is 2. The lowest BCUT2D eigenvalue weighted by Crippen LogP contribution is -2.52. The third kappa shape index (κ3) is 3.90. The van der Waals surface area contributed by atoms with Crippen LogP contribution >= 0.6 is 0 Å². The minimum atomic E-state index is -0.785. The molecule has 192 valence electrons. The summed E-state index contributed by atoms with van der Waals surface area (Å²) in [5.74, 6) is -0.572. The highest BCUT2D eigenvalue weighted by Gasteiger charge is 2.58. The molecule has 0 radical (unpaired) electrons. The van der Waals surface area contributed by atoms with Crippen LogP contribution in [0.1, 0.15) is 31.0 Å². The molecule has 1 saturated heterocycles. The molecule has 9 nitrogen and oxygen atoms in total. The van der Waals surface area contributed by atoms with Gasteiger partial charge in [-0.3, -0.25) is 14.4 Å². The van der Waals surface area contributed by atoms with Crippen LogP contribution in [0.5, 0.6) is 5.75 Å². The molecule has 0 unspecified atom stereocenters. The minimum absolute atomic E-state index is 0.0613. The van der Waals surface area contributed by atoms with Gasteiger partial charge < -0.3 is 29.4 Å². The number of fused-ring (bicyclic) bond motifs is 3. The highest BCUT2D eigenvalue weighted by atomic mass is 16.5. The number of para-hydroxylation sites is 1. The molecule has 3 heterocycles. The van der Waals surface area contributed by atoms with Crippen LogP contribution in [-0.2, 0) is 20.9 Å². The molecule has 1 aromatic heterocycles. The first-order chi connectivity index (χ1) is 17.5. The van der Waals surface area contributed by atoms with Gasteiger partial charge in [-0.15, -0.1) is 0 Å². The molecule has 5 rings (SSSR count). The number of aromatic nitrogens is 1. The number of aliphatic hydroxyl groups excluding tert-OH is 1. The van der Waals surface area contributed by atoms with Gasteiger partial charge in [-0.2, -0.15) is 0 Å². The number of carbonyl (C=O) groups excluding carboxylic acids is 2. The van der Waals surface area contributed by atoms with Gasteiger partial charge in [0.25, 0.3) is 5.56 Å². The van der Waals surface area contributed by atoms with Crippen molar-refractivity contribution in [2.75, 3.05) is 34.0 Å². The Morgan fingerprint density at radius 2 is 1.89 bits per heavy atom. The number of rotatable bonds is 8. The van der Waals surface area contributed by atoms with E-state index in [0.29, 0.717) is 42.3 Å². The fraction of sp³-hybridized carbons (Fsp3) is 0.519. The van der Waals surface area contributed by atoms with Crippen molar-refractivity contribution in [1.82, 2.24) is 14.8 Å². The van der Waals surface area contributed by atoms with E-state index >= 15 is 0 Å². The van der Waals surface area contributed by atoms with E-state index in [4.69, 9.17) is 9.47 Å². The molecule has 2 aromatic rings. The molecule has 2 aliphatic heterocycles. The lowest BCUT2D eigenvalue weighted by atomic mass is 9.84. The molecule has 2 fully saturated rings. The molecule has 1 saturated carbocycles. The van der Waals surface area contributed by atoms with E-state index < -0.39 is 18.0 Å². The Morgan fingerprint density at radius 1 is 1.11 bits per heavy atom. The molecular formula is C27H33N3O6. The highest BCUT2D eigenvalue weighted by Crippen LogP contribution is 2.51. The van der Waals surface area contributed by atoms with Crippen molar-refractivity contribution in [2.45, 2.75) is 37.9 Å². The minimum Gasteiger partial charge on any atom is -0.496 e. The van der Waals surface area contributed by atoms with Gasteiger partial charge in [-0.25, -0.2) is 0 Å². The van der Waals surface area contributed by atoms with Crippen LogP contribution in [0.3, 0.4) is 0 Å². The van der Waals surface area contributed by atoms with Crippen LogP contribution in [0.25, 0.3) is 11.1 Å². The monoisotopic (exact) mass is 495 g/mol. The predicted molar refractivity (Wildman–Crippen MR) is 132 cm³/mol. The van der Waals surface area contributed by atoms with Crippen LogP contribution in [0, 0.1) is 17.8 Å². The van der Waals surface area contributed by atoms with Gasteiger partial charge in [0.1, 0.15) is 11.8 Å². The van der Waals surface area contributed by atoms with Gasteiger partial charge in [0.15, 0.2) is 0 Å². The van der Waals surface area contributed by atoms with E-state index in [-0.39, 0.29) is 35.8 Å². The first-order valence-corrected chi connectivity index (χ1v) is 12.6. The molecule has 2 amide bonds. The number of likely N-dealkylation sites (tertiary alicyclic amines) is 1. The lowest BCUT2D eigenvalue weighted by Gasteiger charge is -2.36. The number of carbonyl (C=O) groups is 2. The molecule has 4 atom stereocenters. The van der Waals surface area contributed by atoms with Crippen molar-refractivity contribution in [2.24, 2.45) is 17.8 Å². The Kier molecular flexibility index (Phi) is 6.85. The van der Waals surface area contributed by atoms with Crippen LogP contribution in [-0.4, -0.2) is 66.4 Å². The number of nitrogens with one attached hydrogen (secondary N) is 1. The summed E-state index contributed by atoms with van der Waals surface area (Å²) in [5.41, 5.74) is 1.76. The van der Waals surface area contributed by atoms with Gasteiger partial charge in [-0.05, 0) is 31.0 Å². The maximum atomic E-state index is 13.7. The van der Waals surface area contributed by atoms with Crippen LogP contribution in [0.2, 0.25) is 0 Å². The number of hydrogen-bond acceptors (Lipinski definition) is 6. The molecule has 3 aliphatic rings. The quantitative estimate of drug-likeness (QED) is 0.538. The molecule has 1 aromatic carbocycles. The number of benzene rings is 1. The van der Waals surface area contributed by atoms with Crippen molar-refractivity contribution in [3.8, 4) is 16.9 Å². The van der Waals surface area contributed by atoms with Crippen molar-refractivity contribution in [1.29, 1.82) is 0 Å². The zero-order valence-corrected chi connectivity index (χ0v) is 20.7. The summed E-state index contributed by atoms with van der Waals surface area (Å²) in [7, 11) is 3.13. The molecule has 9 heteroatoms. The average molecular weight is 496 g/mol. The molecule has 36 heavy (non-hydrogen) atoms. The van der Waals surface area contributed by atoms with Crippen molar-refractivity contribution < 1.29 is 24.2 Å². The summed E-state index contributed by atoms with van der Waals surface area (Å²) in [5, 5.41) is 13.3. The van der Waals surface area contributed by atoms with Crippen LogP contribution < -0.4 is 15.6 Å². The highest BCUT2D eigenvalue weighted by molar-refractivity contribution is 5.90. The fourth-order valence-electron chi connectivity index (χ4n) is 6.05. The summed E-state index contributed by atoms with van der Waals surface area (Å²) < 4.78 is 12.2. The van der Waals surface area contributed by atoms with Crippen LogP contribution in [0.15, 0.2) is 41.2 Å². The Bertz CT molecular complexity index is 1210. The Labute approximate surface area is 210 Å². The number of methoxy groups -OCH3 is 2. The lowest BCUT2D eigenvalue weighted by molar-refractivity contribution is -0.147. The van der Waals surface area contributed by atoms with Crippen LogP contribution in [0.4, 0.5) is 0 Å². The Balaban J connectivity index is 1.56. The number of pyridine rings is 1. The molecule has 1 aliphatic carbocycles. The summed E-state index contributed by atoms with van der Waals surface area (Å²) in [6.07, 6.45) is 2.59. The number of aliphatic hydroxyl groups is 1. The van der Waals surface area contributed by atoms with E-state index in [0.717, 1.165) is 19.3 Å². The normalized spacial score (nSPS) is 24.7. The van der Waals surface area contributed by atoms with Crippen molar-refractivity contribution in [3.63, 3.8) is 0 Å². The Hall–Kier alpha value is -3.17. The summed E-state index contributed by atoms with van der Waals surface area (Å²) in [6, 6.07) is 9.81. The standard InChI is InChI=1S/C27H33N3O6/c1-35-13-12-28-25(32)24-20(15-31)19-14-29-21(23(19)30(24)26(33)16-6-5-7-16)11-10-18(27(29)34)17-8-3-4-9-22(17)36-2/h3-4,8-11,16,19-20,23-24,31H,5-7,12-15H2,1-2H3,(H,28,32)/t19-,20-,23+,24-/m1/s1. The van der Waals surface area contributed by atoms with Crippen molar-refractivity contribution >= 4 is 11.8 Å². The van der Waals surface area contributed by atoms with Gasteiger partial charge in [0, 0.05) is 55.8 Å². The third-order valence-electron chi connectivity index (χ3n) is 8.06. The van der Waals surface area contributed by atoms with Gasteiger partial charge in [0.2, 0.25) is 11.8 Å². The summed E-state index contributed by atoms with van der Waals surface area (Å²) in [4.78, 5) is 42.3. The number of amides is 2. The average Bonchev–Trinajstić information content (AvgIpc) is 3.38.